The fourth-order valence-electron chi connectivity index (χ4n) is 1.49. The highest BCUT2D eigenvalue weighted by Crippen LogP contribution is 2.33. The molecule has 2 N–H and O–H groups in total. The fourth-order valence-corrected chi connectivity index (χ4v) is 1.49. The molecule has 1 heteroatoms. The molecule has 1 rings (SSSR count). The molecule has 0 saturated carbocycles. The van der Waals surface area contributed by atoms with Crippen LogP contribution in [0.2, 0.25) is 0 Å². The molecule has 0 radical (unpaired) electrons. The Balaban J connectivity index is 2.70. The van der Waals surface area contributed by atoms with Gasteiger partial charge in [0.1, 0.15) is 0 Å². The van der Waals surface area contributed by atoms with E-state index in [1.807, 2.05) is 6.08 Å². The van der Waals surface area contributed by atoms with E-state index in [2.05, 4.69) is 27.7 Å². The SMILES string of the molecule is CC1=CC(N)=C1[C@H](C)C(C)C. The lowest BCUT2D eigenvalue weighted by atomic mass is 9.80. The standard InChI is InChI=1S/C10H17N/c1-6(2)8(4)10-7(3)5-9(10)11/h5-6,8H,11H2,1-4H3/t8-/m1/s1. The summed E-state index contributed by atoms with van der Waals surface area (Å²) in [7, 11) is 0. The molecular weight excluding hydrogens is 134 g/mol. The van der Waals surface area contributed by atoms with Crippen LogP contribution in [0.5, 0.6) is 0 Å². The molecule has 0 amide bonds. The van der Waals surface area contributed by atoms with Gasteiger partial charge in [-0.3, -0.25) is 0 Å². The van der Waals surface area contributed by atoms with Crippen molar-refractivity contribution in [1.29, 1.82) is 0 Å². The highest BCUT2D eigenvalue weighted by Gasteiger charge is 2.21. The smallest absolute Gasteiger partial charge is 0.0354 e. The highest BCUT2D eigenvalue weighted by molar-refractivity contribution is 5.51. The summed E-state index contributed by atoms with van der Waals surface area (Å²) in [6.45, 7) is 8.83. The highest BCUT2D eigenvalue weighted by atomic mass is 14.6. The van der Waals surface area contributed by atoms with E-state index in [0.717, 1.165) is 5.70 Å². The van der Waals surface area contributed by atoms with Crippen molar-refractivity contribution >= 4 is 0 Å². The molecule has 11 heavy (non-hydrogen) atoms. The minimum atomic E-state index is 0.611. The zero-order valence-corrected chi connectivity index (χ0v) is 7.81. The van der Waals surface area contributed by atoms with Crippen molar-refractivity contribution in [3.63, 3.8) is 0 Å². The van der Waals surface area contributed by atoms with Crippen molar-refractivity contribution in [1.82, 2.24) is 0 Å². The van der Waals surface area contributed by atoms with Gasteiger partial charge in [0.05, 0.1) is 0 Å². The summed E-state index contributed by atoms with van der Waals surface area (Å²) in [5, 5.41) is 0. The van der Waals surface area contributed by atoms with Crippen molar-refractivity contribution in [2.45, 2.75) is 27.7 Å². The Bertz CT molecular complexity index is 221. The Morgan fingerprint density at radius 1 is 1.27 bits per heavy atom. The maximum absolute atomic E-state index is 5.76. The van der Waals surface area contributed by atoms with Gasteiger partial charge in [0.15, 0.2) is 0 Å². The molecule has 0 bridgehead atoms. The molecule has 0 aromatic heterocycles. The molecule has 0 saturated heterocycles. The van der Waals surface area contributed by atoms with Crippen LogP contribution in [0.1, 0.15) is 27.7 Å². The monoisotopic (exact) mass is 151 g/mol. The Labute approximate surface area is 69.0 Å². The Kier molecular flexibility index (Phi) is 2.08. The molecule has 1 aliphatic rings. The Morgan fingerprint density at radius 3 is 2.00 bits per heavy atom. The van der Waals surface area contributed by atoms with Crippen LogP contribution in [0.4, 0.5) is 0 Å². The zero-order valence-electron chi connectivity index (χ0n) is 7.81. The lowest BCUT2D eigenvalue weighted by molar-refractivity contribution is 0.477. The van der Waals surface area contributed by atoms with Gasteiger partial charge in [0, 0.05) is 5.70 Å². The molecule has 62 valence electrons. The summed E-state index contributed by atoms with van der Waals surface area (Å²) >= 11 is 0. The lowest BCUT2D eigenvalue weighted by Gasteiger charge is -2.27. The summed E-state index contributed by atoms with van der Waals surface area (Å²) < 4.78 is 0. The summed E-state index contributed by atoms with van der Waals surface area (Å²) in [6, 6.07) is 0. The van der Waals surface area contributed by atoms with Gasteiger partial charge in [-0.1, -0.05) is 20.8 Å². The third kappa shape index (κ3) is 1.32. The molecule has 0 heterocycles. The minimum Gasteiger partial charge on any atom is -0.398 e. The van der Waals surface area contributed by atoms with E-state index in [1.165, 1.54) is 11.1 Å². The molecule has 0 aromatic carbocycles. The van der Waals surface area contributed by atoms with Gasteiger partial charge in [0.2, 0.25) is 0 Å². The van der Waals surface area contributed by atoms with Crippen molar-refractivity contribution < 1.29 is 0 Å². The third-order valence-corrected chi connectivity index (χ3v) is 2.56. The molecule has 0 aliphatic heterocycles. The second-order valence-corrected chi connectivity index (χ2v) is 3.73. The molecular formula is C10H17N. The Morgan fingerprint density at radius 2 is 1.82 bits per heavy atom. The molecule has 0 fully saturated rings. The van der Waals surface area contributed by atoms with Gasteiger partial charge < -0.3 is 5.73 Å². The van der Waals surface area contributed by atoms with Crippen LogP contribution >= 0.6 is 0 Å². The van der Waals surface area contributed by atoms with Crippen LogP contribution in [0.3, 0.4) is 0 Å². The molecule has 0 aromatic rings. The maximum atomic E-state index is 5.76. The van der Waals surface area contributed by atoms with Crippen LogP contribution < -0.4 is 5.73 Å². The van der Waals surface area contributed by atoms with Crippen molar-refractivity contribution in [3.8, 4) is 0 Å². The summed E-state index contributed by atoms with van der Waals surface area (Å²) in [5.74, 6) is 1.30. The number of nitrogens with two attached hydrogens (primary N) is 1. The first-order valence-electron chi connectivity index (χ1n) is 4.22. The summed E-state index contributed by atoms with van der Waals surface area (Å²) in [5.41, 5.74) is 9.48. The van der Waals surface area contributed by atoms with Gasteiger partial charge in [-0.05, 0) is 36.0 Å². The van der Waals surface area contributed by atoms with Gasteiger partial charge in [0.25, 0.3) is 0 Å². The van der Waals surface area contributed by atoms with Crippen LogP contribution in [0.15, 0.2) is 22.9 Å². The molecule has 0 spiro atoms. The van der Waals surface area contributed by atoms with Crippen LogP contribution in [-0.4, -0.2) is 0 Å². The first-order valence-corrected chi connectivity index (χ1v) is 4.22. The second kappa shape index (κ2) is 2.72. The van der Waals surface area contributed by atoms with E-state index in [4.69, 9.17) is 5.73 Å². The number of hydrogen-bond acceptors (Lipinski definition) is 1. The molecule has 0 unspecified atom stereocenters. The van der Waals surface area contributed by atoms with E-state index in [1.54, 1.807) is 0 Å². The summed E-state index contributed by atoms with van der Waals surface area (Å²) in [6.07, 6.45) is 2.05. The van der Waals surface area contributed by atoms with E-state index in [-0.39, 0.29) is 0 Å². The van der Waals surface area contributed by atoms with Gasteiger partial charge in [-0.2, -0.15) is 0 Å². The topological polar surface area (TPSA) is 26.0 Å². The number of hydrogen-bond donors (Lipinski definition) is 1. The Hall–Kier alpha value is -0.720. The van der Waals surface area contributed by atoms with E-state index < -0.39 is 0 Å². The van der Waals surface area contributed by atoms with E-state index in [9.17, 15) is 0 Å². The average Bonchev–Trinajstić information content (AvgIpc) is 1.86. The van der Waals surface area contributed by atoms with E-state index in [0.29, 0.717) is 11.8 Å². The molecule has 1 atom stereocenters. The normalized spacial score (nSPS) is 19.9. The first kappa shape index (κ1) is 8.38. The summed E-state index contributed by atoms with van der Waals surface area (Å²) in [4.78, 5) is 0. The predicted molar refractivity (Wildman–Crippen MR) is 49.0 cm³/mol. The maximum Gasteiger partial charge on any atom is 0.0354 e. The van der Waals surface area contributed by atoms with Gasteiger partial charge in [-0.15, -0.1) is 0 Å². The van der Waals surface area contributed by atoms with Crippen LogP contribution in [0, 0.1) is 11.8 Å². The molecule has 1 aliphatic carbocycles. The zero-order chi connectivity index (χ0) is 8.59. The van der Waals surface area contributed by atoms with Crippen LogP contribution in [-0.2, 0) is 0 Å². The second-order valence-electron chi connectivity index (χ2n) is 3.73. The lowest BCUT2D eigenvalue weighted by Crippen LogP contribution is -2.19. The quantitative estimate of drug-likeness (QED) is 0.644. The van der Waals surface area contributed by atoms with Crippen molar-refractivity contribution in [2.75, 3.05) is 0 Å². The number of allylic oxidation sites excluding steroid dienone is 3. The third-order valence-electron chi connectivity index (χ3n) is 2.56. The average molecular weight is 151 g/mol. The van der Waals surface area contributed by atoms with Crippen molar-refractivity contribution in [3.05, 3.63) is 22.9 Å². The largest absolute Gasteiger partial charge is 0.398 e. The van der Waals surface area contributed by atoms with Crippen molar-refractivity contribution in [2.24, 2.45) is 17.6 Å². The molecule has 1 nitrogen and oxygen atoms in total. The van der Waals surface area contributed by atoms with E-state index >= 15 is 0 Å². The van der Waals surface area contributed by atoms with Gasteiger partial charge in [-0.25, -0.2) is 0 Å². The predicted octanol–water partition coefficient (Wildman–Crippen LogP) is 2.45. The van der Waals surface area contributed by atoms with Gasteiger partial charge >= 0.3 is 0 Å². The first-order chi connectivity index (χ1) is 5.04. The van der Waals surface area contributed by atoms with Crippen LogP contribution in [0.25, 0.3) is 0 Å². The number of rotatable bonds is 2. The fraction of sp³-hybridized carbons (Fsp3) is 0.600. The minimum absolute atomic E-state index is 0.611.